The number of rotatable bonds is 2. The molecule has 0 bridgehead atoms. The Morgan fingerprint density at radius 2 is 1.67 bits per heavy atom. The number of Topliss-reactive ketones (excluding diaryl/α,β-unsaturated/α-hetero) is 1. The molecule has 1 aliphatic carbocycles. The van der Waals surface area contributed by atoms with Crippen molar-refractivity contribution < 1.29 is 4.79 Å². The van der Waals surface area contributed by atoms with Gasteiger partial charge in [-0.25, -0.2) is 0 Å². The molecule has 0 radical (unpaired) electrons. The van der Waals surface area contributed by atoms with Gasteiger partial charge in [0.1, 0.15) is 0 Å². The van der Waals surface area contributed by atoms with E-state index in [0.717, 1.165) is 32.1 Å². The van der Waals surface area contributed by atoms with Crippen LogP contribution >= 0.6 is 43.2 Å². The van der Waals surface area contributed by atoms with Crippen LogP contribution in [0.3, 0.4) is 0 Å². The standard InChI is InChI=1S/C17H14Br2OS/c1-9-15(17(19)10(2)21-9)16-13(7-8-14(16)20)11-3-5-12(18)6-4-11/h3-6H,7-8H2,1-2H3. The van der Waals surface area contributed by atoms with Crippen LogP contribution in [0.1, 0.15) is 33.7 Å². The summed E-state index contributed by atoms with van der Waals surface area (Å²) in [5.74, 6) is 0.259. The van der Waals surface area contributed by atoms with Crippen molar-refractivity contribution in [3.05, 3.63) is 54.1 Å². The topological polar surface area (TPSA) is 17.1 Å². The van der Waals surface area contributed by atoms with E-state index in [9.17, 15) is 4.79 Å². The number of ketones is 1. The van der Waals surface area contributed by atoms with Gasteiger partial charge in [0, 0.05) is 36.3 Å². The van der Waals surface area contributed by atoms with E-state index >= 15 is 0 Å². The Morgan fingerprint density at radius 1 is 1.00 bits per heavy atom. The minimum atomic E-state index is 0.259. The van der Waals surface area contributed by atoms with Gasteiger partial charge in [0.15, 0.2) is 5.78 Å². The molecule has 0 amide bonds. The van der Waals surface area contributed by atoms with Crippen molar-refractivity contribution in [2.24, 2.45) is 0 Å². The van der Waals surface area contributed by atoms with Crippen molar-refractivity contribution in [3.63, 3.8) is 0 Å². The number of benzene rings is 1. The number of hydrogen-bond donors (Lipinski definition) is 0. The van der Waals surface area contributed by atoms with Crippen LogP contribution in [-0.2, 0) is 4.79 Å². The largest absolute Gasteiger partial charge is 0.294 e. The number of hydrogen-bond acceptors (Lipinski definition) is 2. The molecule has 1 aromatic heterocycles. The Kier molecular flexibility index (Phi) is 4.21. The summed E-state index contributed by atoms with van der Waals surface area (Å²) in [5, 5.41) is 0. The highest BCUT2D eigenvalue weighted by molar-refractivity contribution is 9.10. The highest BCUT2D eigenvalue weighted by Gasteiger charge is 2.29. The maximum absolute atomic E-state index is 12.5. The molecule has 0 saturated heterocycles. The third-order valence-electron chi connectivity index (χ3n) is 3.81. The maximum atomic E-state index is 12.5. The highest BCUT2D eigenvalue weighted by atomic mass is 79.9. The quantitative estimate of drug-likeness (QED) is 0.562. The monoisotopic (exact) mass is 424 g/mol. The molecule has 0 atom stereocenters. The first kappa shape index (κ1) is 15.2. The van der Waals surface area contributed by atoms with Crippen LogP contribution in [0.4, 0.5) is 0 Å². The molecule has 108 valence electrons. The van der Waals surface area contributed by atoms with Crippen molar-refractivity contribution in [2.45, 2.75) is 26.7 Å². The number of thiophene rings is 1. The third kappa shape index (κ3) is 2.69. The second kappa shape index (κ2) is 5.82. The second-order valence-corrected chi connectivity index (χ2v) is 8.32. The van der Waals surface area contributed by atoms with Crippen LogP contribution in [0.2, 0.25) is 0 Å². The molecular formula is C17H14Br2OS. The van der Waals surface area contributed by atoms with Crippen LogP contribution in [0.15, 0.2) is 33.2 Å². The zero-order chi connectivity index (χ0) is 15.1. The Bertz CT molecular complexity index is 754. The molecule has 0 aliphatic heterocycles. The molecular weight excluding hydrogens is 412 g/mol. The number of allylic oxidation sites excluding steroid dienone is 2. The number of carbonyl (C=O) groups is 1. The molecule has 1 heterocycles. The van der Waals surface area contributed by atoms with Gasteiger partial charge >= 0.3 is 0 Å². The van der Waals surface area contributed by atoms with E-state index in [2.05, 4.69) is 57.8 Å². The van der Waals surface area contributed by atoms with Gasteiger partial charge in [-0.05, 0) is 59.5 Å². The van der Waals surface area contributed by atoms with Crippen molar-refractivity contribution in [1.82, 2.24) is 0 Å². The second-order valence-electron chi connectivity index (χ2n) is 5.19. The SMILES string of the molecule is Cc1sc(C)c(C2=C(c3ccc(Br)cc3)CCC2=O)c1Br. The maximum Gasteiger partial charge on any atom is 0.164 e. The van der Waals surface area contributed by atoms with Crippen molar-refractivity contribution in [1.29, 1.82) is 0 Å². The molecule has 1 aliphatic rings. The Morgan fingerprint density at radius 3 is 2.24 bits per heavy atom. The van der Waals surface area contributed by atoms with Crippen LogP contribution < -0.4 is 0 Å². The van der Waals surface area contributed by atoms with Crippen LogP contribution in [0.25, 0.3) is 11.1 Å². The van der Waals surface area contributed by atoms with Gasteiger partial charge < -0.3 is 0 Å². The summed E-state index contributed by atoms with van der Waals surface area (Å²) >= 11 is 8.87. The summed E-state index contributed by atoms with van der Waals surface area (Å²) < 4.78 is 2.13. The molecule has 0 fully saturated rings. The van der Waals surface area contributed by atoms with E-state index in [4.69, 9.17) is 0 Å². The van der Waals surface area contributed by atoms with Gasteiger partial charge in [0.05, 0.1) is 0 Å². The predicted octanol–water partition coefficient (Wildman–Crippen LogP) is 6.16. The zero-order valence-electron chi connectivity index (χ0n) is 11.8. The van der Waals surface area contributed by atoms with E-state index < -0.39 is 0 Å². The molecule has 21 heavy (non-hydrogen) atoms. The first-order chi connectivity index (χ1) is 9.99. The Labute approximate surface area is 145 Å². The van der Waals surface area contributed by atoms with Crippen LogP contribution in [0, 0.1) is 13.8 Å². The van der Waals surface area contributed by atoms with Gasteiger partial charge in [0.25, 0.3) is 0 Å². The summed E-state index contributed by atoms with van der Waals surface area (Å²) in [6.07, 6.45) is 1.44. The summed E-state index contributed by atoms with van der Waals surface area (Å²) in [7, 11) is 0. The smallest absolute Gasteiger partial charge is 0.164 e. The molecule has 4 heteroatoms. The van der Waals surface area contributed by atoms with Crippen LogP contribution in [0.5, 0.6) is 0 Å². The Hall–Kier alpha value is -0.710. The molecule has 3 rings (SSSR count). The predicted molar refractivity (Wildman–Crippen MR) is 96.7 cm³/mol. The number of carbonyl (C=O) groups excluding carboxylic acids is 1. The molecule has 0 saturated carbocycles. The number of aryl methyl sites for hydroxylation is 2. The summed E-state index contributed by atoms with van der Waals surface area (Å²) in [6, 6.07) is 8.23. The first-order valence-electron chi connectivity index (χ1n) is 6.77. The number of halogens is 2. The van der Waals surface area contributed by atoms with Gasteiger partial charge in [-0.15, -0.1) is 11.3 Å². The Balaban J connectivity index is 2.22. The van der Waals surface area contributed by atoms with E-state index in [-0.39, 0.29) is 5.78 Å². The molecule has 1 nitrogen and oxygen atoms in total. The van der Waals surface area contributed by atoms with Crippen molar-refractivity contribution in [2.75, 3.05) is 0 Å². The lowest BCUT2D eigenvalue weighted by molar-refractivity contribution is -0.113. The average Bonchev–Trinajstić information content (AvgIpc) is 2.92. The molecule has 0 N–H and O–H groups in total. The van der Waals surface area contributed by atoms with Crippen LogP contribution in [-0.4, -0.2) is 5.78 Å². The summed E-state index contributed by atoms with van der Waals surface area (Å²) in [6.45, 7) is 4.18. The molecule has 0 unspecified atom stereocenters. The van der Waals surface area contributed by atoms with E-state index in [1.54, 1.807) is 11.3 Å². The molecule has 0 spiro atoms. The minimum Gasteiger partial charge on any atom is -0.294 e. The molecule has 1 aromatic carbocycles. The normalized spacial score (nSPS) is 15.1. The van der Waals surface area contributed by atoms with E-state index in [1.165, 1.54) is 15.3 Å². The van der Waals surface area contributed by atoms with E-state index in [0.29, 0.717) is 6.42 Å². The summed E-state index contributed by atoms with van der Waals surface area (Å²) in [4.78, 5) is 14.9. The van der Waals surface area contributed by atoms with Crippen molar-refractivity contribution in [3.8, 4) is 0 Å². The highest BCUT2D eigenvalue weighted by Crippen LogP contribution is 2.44. The zero-order valence-corrected chi connectivity index (χ0v) is 15.8. The fourth-order valence-corrected chi connectivity index (χ4v) is 4.92. The lowest BCUT2D eigenvalue weighted by Crippen LogP contribution is -1.97. The van der Waals surface area contributed by atoms with Crippen molar-refractivity contribution >= 4 is 60.1 Å². The van der Waals surface area contributed by atoms with E-state index in [1.807, 2.05) is 12.1 Å². The fourth-order valence-electron chi connectivity index (χ4n) is 2.83. The average molecular weight is 426 g/mol. The first-order valence-corrected chi connectivity index (χ1v) is 9.17. The van der Waals surface area contributed by atoms with Gasteiger partial charge in [-0.2, -0.15) is 0 Å². The lowest BCUT2D eigenvalue weighted by Gasteiger charge is -2.08. The summed E-state index contributed by atoms with van der Waals surface area (Å²) in [5.41, 5.74) is 4.33. The third-order valence-corrected chi connectivity index (χ3v) is 6.62. The van der Waals surface area contributed by atoms with Gasteiger partial charge in [0.2, 0.25) is 0 Å². The lowest BCUT2D eigenvalue weighted by atomic mass is 9.97. The fraction of sp³-hybridized carbons (Fsp3) is 0.235. The van der Waals surface area contributed by atoms with Gasteiger partial charge in [-0.3, -0.25) is 4.79 Å². The molecule has 2 aromatic rings. The minimum absolute atomic E-state index is 0.259. The van der Waals surface area contributed by atoms with Gasteiger partial charge in [-0.1, -0.05) is 28.1 Å².